The molecule has 0 spiro atoms. The molecule has 2 aromatic carbocycles. The molecule has 1 heterocycles. The van der Waals surface area contributed by atoms with Crippen LogP contribution in [0, 0.1) is 0 Å². The fraction of sp³-hybridized carbons (Fsp3) is 0.263. The fourth-order valence-electron chi connectivity index (χ4n) is 2.62. The van der Waals surface area contributed by atoms with Crippen LogP contribution in [-0.2, 0) is 13.6 Å². The van der Waals surface area contributed by atoms with E-state index < -0.39 is 13.4 Å². The quantitative estimate of drug-likeness (QED) is 0.470. The third-order valence-electron chi connectivity index (χ3n) is 3.76. The largest absolute Gasteiger partial charge is 0.357 e. The number of nitrogens with one attached hydrogen (secondary N) is 1. The van der Waals surface area contributed by atoms with Crippen molar-refractivity contribution >= 4 is 24.1 Å². The van der Waals surface area contributed by atoms with E-state index in [1.807, 2.05) is 60.7 Å². The van der Waals surface area contributed by atoms with E-state index in [1.54, 1.807) is 13.8 Å². The Balaban J connectivity index is 1.92. The van der Waals surface area contributed by atoms with Crippen molar-refractivity contribution in [1.82, 2.24) is 10.2 Å². The van der Waals surface area contributed by atoms with Gasteiger partial charge in [-0.1, -0.05) is 72.0 Å². The van der Waals surface area contributed by atoms with Gasteiger partial charge in [0.2, 0.25) is 5.13 Å². The summed E-state index contributed by atoms with van der Waals surface area (Å²) >= 11 is 1.40. The molecule has 142 valence electrons. The molecule has 0 saturated heterocycles. The van der Waals surface area contributed by atoms with Crippen LogP contribution in [0.25, 0.3) is 10.6 Å². The molecule has 1 aromatic heterocycles. The van der Waals surface area contributed by atoms with Crippen LogP contribution < -0.4 is 5.32 Å². The van der Waals surface area contributed by atoms with Crippen LogP contribution in [-0.4, -0.2) is 23.4 Å². The molecule has 6 nitrogen and oxygen atoms in total. The number of anilines is 1. The monoisotopic (exact) mass is 403 g/mol. The second-order valence-corrected chi connectivity index (χ2v) is 8.70. The van der Waals surface area contributed by atoms with Crippen molar-refractivity contribution < 1.29 is 13.6 Å². The van der Waals surface area contributed by atoms with E-state index in [4.69, 9.17) is 9.05 Å². The number of aromatic nitrogens is 2. The summed E-state index contributed by atoms with van der Waals surface area (Å²) in [4.78, 5) is 0. The van der Waals surface area contributed by atoms with E-state index in [2.05, 4.69) is 15.5 Å². The molecule has 1 N–H and O–H groups in total. The van der Waals surface area contributed by atoms with Crippen molar-refractivity contribution in [2.75, 3.05) is 18.5 Å². The molecule has 0 saturated carbocycles. The molecule has 0 amide bonds. The molecule has 1 unspecified atom stereocenters. The lowest BCUT2D eigenvalue weighted by Gasteiger charge is -2.27. The number of benzene rings is 2. The molecule has 0 radical (unpaired) electrons. The molecule has 0 aliphatic heterocycles. The smallest absolute Gasteiger partial charge is 0.342 e. The number of rotatable bonds is 9. The molecule has 27 heavy (non-hydrogen) atoms. The highest BCUT2D eigenvalue weighted by molar-refractivity contribution is 7.54. The highest BCUT2D eigenvalue weighted by atomic mass is 32.1. The summed E-state index contributed by atoms with van der Waals surface area (Å²) in [6.45, 7) is 4.17. The van der Waals surface area contributed by atoms with E-state index in [-0.39, 0.29) is 13.2 Å². The molecule has 8 heteroatoms. The van der Waals surface area contributed by atoms with Crippen molar-refractivity contribution in [3.63, 3.8) is 0 Å². The van der Waals surface area contributed by atoms with Gasteiger partial charge in [-0.3, -0.25) is 4.57 Å². The van der Waals surface area contributed by atoms with E-state index in [9.17, 15) is 4.57 Å². The average Bonchev–Trinajstić information content (AvgIpc) is 3.17. The van der Waals surface area contributed by atoms with Crippen LogP contribution in [0.5, 0.6) is 0 Å². The van der Waals surface area contributed by atoms with Crippen LogP contribution in [0.3, 0.4) is 0 Å². The minimum Gasteiger partial charge on any atom is -0.342 e. The Morgan fingerprint density at radius 2 is 1.56 bits per heavy atom. The predicted molar refractivity (Wildman–Crippen MR) is 109 cm³/mol. The summed E-state index contributed by atoms with van der Waals surface area (Å²) < 4.78 is 24.6. The van der Waals surface area contributed by atoms with Crippen molar-refractivity contribution in [3.05, 3.63) is 66.2 Å². The van der Waals surface area contributed by atoms with Crippen molar-refractivity contribution in [2.24, 2.45) is 0 Å². The van der Waals surface area contributed by atoms with Gasteiger partial charge in [0, 0.05) is 5.56 Å². The van der Waals surface area contributed by atoms with Crippen LogP contribution in [0.4, 0.5) is 5.13 Å². The van der Waals surface area contributed by atoms with Crippen molar-refractivity contribution in [2.45, 2.75) is 19.6 Å². The highest BCUT2D eigenvalue weighted by Crippen LogP contribution is 2.60. The van der Waals surface area contributed by atoms with Gasteiger partial charge in [-0.2, -0.15) is 0 Å². The van der Waals surface area contributed by atoms with Gasteiger partial charge in [0.05, 0.1) is 13.2 Å². The number of nitrogens with zero attached hydrogens (tertiary/aromatic N) is 2. The molecule has 0 aliphatic rings. The average molecular weight is 403 g/mol. The van der Waals surface area contributed by atoms with Gasteiger partial charge in [-0.05, 0) is 19.4 Å². The Hall–Kier alpha value is -2.05. The molecule has 0 bridgehead atoms. The zero-order valence-electron chi connectivity index (χ0n) is 15.2. The summed E-state index contributed by atoms with van der Waals surface area (Å²) in [7, 11) is -3.45. The summed E-state index contributed by atoms with van der Waals surface area (Å²) in [5, 5.41) is 13.0. The summed E-state index contributed by atoms with van der Waals surface area (Å²) in [5.41, 5.74) is 1.79. The standard InChI is InChI=1S/C19H22N3O3PS/c1-3-24-26(23,25-4-2)17(15-11-7-5-8-12-15)20-19-22-21-18(27-19)16-13-9-6-10-14-16/h5-14,17H,3-4H2,1-2H3,(H,20,22). The van der Waals surface area contributed by atoms with E-state index in [1.165, 1.54) is 11.3 Å². The maximum absolute atomic E-state index is 13.4. The van der Waals surface area contributed by atoms with Gasteiger partial charge in [-0.15, -0.1) is 10.2 Å². The maximum Gasteiger partial charge on any atom is 0.357 e. The second-order valence-electron chi connectivity index (χ2n) is 5.61. The normalized spacial score (nSPS) is 12.7. The Labute approximate surface area is 163 Å². The van der Waals surface area contributed by atoms with Crippen molar-refractivity contribution in [1.29, 1.82) is 0 Å². The lowest BCUT2D eigenvalue weighted by atomic mass is 10.2. The second kappa shape index (κ2) is 9.24. The van der Waals surface area contributed by atoms with Crippen LogP contribution in [0.1, 0.15) is 25.2 Å². The Kier molecular flexibility index (Phi) is 6.74. The first-order chi connectivity index (χ1) is 13.2. The van der Waals surface area contributed by atoms with Crippen LogP contribution >= 0.6 is 18.9 Å². The summed E-state index contributed by atoms with van der Waals surface area (Å²) in [6, 6.07) is 19.3. The fourth-order valence-corrected chi connectivity index (χ4v) is 5.40. The van der Waals surface area contributed by atoms with Gasteiger partial charge >= 0.3 is 7.60 Å². The zero-order valence-corrected chi connectivity index (χ0v) is 17.0. The predicted octanol–water partition coefficient (Wildman–Crippen LogP) is 5.58. The SMILES string of the molecule is CCOP(=O)(OCC)C(Nc1nnc(-c2ccccc2)s1)c1ccccc1. The zero-order chi connectivity index (χ0) is 19.1. The third kappa shape index (κ3) is 4.82. The summed E-state index contributed by atoms with van der Waals surface area (Å²) in [5.74, 6) is -0.671. The first-order valence-electron chi connectivity index (χ1n) is 8.75. The van der Waals surface area contributed by atoms with Gasteiger partial charge in [0.1, 0.15) is 5.01 Å². The lowest BCUT2D eigenvalue weighted by Crippen LogP contribution is -2.15. The van der Waals surface area contributed by atoms with E-state index >= 15 is 0 Å². The van der Waals surface area contributed by atoms with Crippen molar-refractivity contribution in [3.8, 4) is 10.6 Å². The van der Waals surface area contributed by atoms with E-state index in [0.717, 1.165) is 16.1 Å². The Bertz CT molecular complexity index is 879. The first-order valence-corrected chi connectivity index (χ1v) is 11.2. The van der Waals surface area contributed by atoms with Crippen LogP contribution in [0.2, 0.25) is 0 Å². The minimum absolute atomic E-state index is 0.285. The molecule has 3 rings (SSSR count). The van der Waals surface area contributed by atoms with Gasteiger partial charge in [-0.25, -0.2) is 0 Å². The maximum atomic E-state index is 13.4. The minimum atomic E-state index is -3.45. The van der Waals surface area contributed by atoms with Gasteiger partial charge < -0.3 is 14.4 Å². The van der Waals surface area contributed by atoms with Crippen LogP contribution in [0.15, 0.2) is 60.7 Å². The van der Waals surface area contributed by atoms with Gasteiger partial charge in [0.15, 0.2) is 5.78 Å². The number of hydrogen-bond acceptors (Lipinski definition) is 7. The summed E-state index contributed by atoms with van der Waals surface area (Å²) in [6.07, 6.45) is 0. The number of hydrogen-bond donors (Lipinski definition) is 1. The molecular formula is C19H22N3O3PS. The molecule has 0 aliphatic carbocycles. The van der Waals surface area contributed by atoms with E-state index in [0.29, 0.717) is 5.13 Å². The lowest BCUT2D eigenvalue weighted by molar-refractivity contribution is 0.214. The molecule has 3 aromatic rings. The first kappa shape index (κ1) is 19.7. The highest BCUT2D eigenvalue weighted by Gasteiger charge is 2.37. The molecule has 1 atom stereocenters. The third-order valence-corrected chi connectivity index (χ3v) is 6.95. The Morgan fingerprint density at radius 1 is 0.963 bits per heavy atom. The molecule has 0 fully saturated rings. The van der Waals surface area contributed by atoms with Gasteiger partial charge in [0.25, 0.3) is 0 Å². The Morgan fingerprint density at radius 3 is 2.15 bits per heavy atom. The topological polar surface area (TPSA) is 73.3 Å². The molecular weight excluding hydrogens is 381 g/mol.